The molecule has 3 aromatic rings. The van der Waals surface area contributed by atoms with E-state index in [1.165, 1.54) is 42.3 Å². The fourth-order valence-electron chi connectivity index (χ4n) is 5.77. The van der Waals surface area contributed by atoms with Crippen LogP contribution >= 0.6 is 15.0 Å². The predicted molar refractivity (Wildman–Crippen MR) is 164 cm³/mol. The van der Waals surface area contributed by atoms with E-state index in [0.717, 1.165) is 19.5 Å². The van der Waals surface area contributed by atoms with Gasteiger partial charge >= 0.3 is 19.7 Å². The predicted octanol–water partition coefficient (Wildman–Crippen LogP) is 4.14. The van der Waals surface area contributed by atoms with E-state index < -0.39 is 55.3 Å². The summed E-state index contributed by atoms with van der Waals surface area (Å²) < 4.78 is 46.8. The number of carboxylic acids is 1. The summed E-state index contributed by atoms with van der Waals surface area (Å²) in [6.45, 7) is 4.83. The zero-order valence-corrected chi connectivity index (χ0v) is 26.6. The fraction of sp³-hybridized carbons (Fsp3) is 0.414. The first kappa shape index (κ1) is 32.8. The van der Waals surface area contributed by atoms with E-state index in [-0.39, 0.29) is 54.5 Å². The van der Waals surface area contributed by atoms with E-state index in [0.29, 0.717) is 11.1 Å². The van der Waals surface area contributed by atoms with Crippen LogP contribution < -0.4 is 15.1 Å². The molecular formula is C29H34FN3O10P2. The largest absolute Gasteiger partial charge is 0.477 e. The summed E-state index contributed by atoms with van der Waals surface area (Å²) in [7, 11) is -8.95. The van der Waals surface area contributed by atoms with Gasteiger partial charge in [-0.15, -0.1) is 0 Å². The average molecular weight is 666 g/mol. The Balaban J connectivity index is 1.31. The highest BCUT2D eigenvalue weighted by molar-refractivity contribution is 7.73. The van der Waals surface area contributed by atoms with Crippen molar-refractivity contribution in [3.8, 4) is 5.75 Å². The molecule has 3 unspecified atom stereocenters. The van der Waals surface area contributed by atoms with Crippen LogP contribution in [-0.4, -0.2) is 79.1 Å². The number of amides is 1. The molecule has 1 saturated heterocycles. The van der Waals surface area contributed by atoms with Crippen molar-refractivity contribution in [2.75, 3.05) is 31.2 Å². The summed E-state index contributed by atoms with van der Waals surface area (Å²) in [6.07, 6.45) is 1.97. The first-order valence-electron chi connectivity index (χ1n) is 14.3. The van der Waals surface area contributed by atoms with Gasteiger partial charge in [-0.3, -0.25) is 13.9 Å². The molecule has 0 bridgehead atoms. The van der Waals surface area contributed by atoms with E-state index in [9.17, 15) is 43.3 Å². The summed E-state index contributed by atoms with van der Waals surface area (Å²) in [5.41, 5.74) is 0.0256. The third kappa shape index (κ3) is 6.71. The third-order valence-corrected chi connectivity index (χ3v) is 12.8. The number of carboxylic acid groups (broad SMARTS) is 1. The number of piperazine rings is 1. The second-order valence-electron chi connectivity index (χ2n) is 11.8. The Kier molecular flexibility index (Phi) is 8.76. The van der Waals surface area contributed by atoms with Crippen molar-refractivity contribution in [1.82, 2.24) is 9.47 Å². The van der Waals surface area contributed by atoms with Gasteiger partial charge in [0.25, 0.3) is 0 Å². The van der Waals surface area contributed by atoms with E-state index in [1.807, 2.05) is 0 Å². The minimum atomic E-state index is -4.85. The number of hydrogen-bond acceptors (Lipinski definition) is 7. The number of pyridine rings is 1. The molecule has 0 radical (unpaired) electrons. The highest BCUT2D eigenvalue weighted by atomic mass is 31.2. The maximum Gasteiger partial charge on any atom is 0.415 e. The maximum absolute atomic E-state index is 15.8. The van der Waals surface area contributed by atoms with E-state index in [1.54, 1.807) is 22.5 Å². The van der Waals surface area contributed by atoms with Crippen molar-refractivity contribution in [3.63, 3.8) is 0 Å². The van der Waals surface area contributed by atoms with Gasteiger partial charge in [-0.2, -0.15) is 0 Å². The molecule has 1 aromatic heterocycles. The van der Waals surface area contributed by atoms with Crippen LogP contribution in [0, 0.1) is 12.7 Å². The van der Waals surface area contributed by atoms with Crippen molar-refractivity contribution in [1.29, 1.82) is 0 Å². The van der Waals surface area contributed by atoms with Crippen LogP contribution in [0.25, 0.3) is 10.9 Å². The second-order valence-corrected chi connectivity index (χ2v) is 16.5. The molecule has 1 aliphatic heterocycles. The number of rotatable bonds is 8. The van der Waals surface area contributed by atoms with Gasteiger partial charge in [0.1, 0.15) is 22.5 Å². The molecule has 16 heteroatoms. The Morgan fingerprint density at radius 1 is 1.11 bits per heavy atom. The third-order valence-electron chi connectivity index (χ3n) is 8.34. The molecule has 4 N–H and O–H groups in total. The molecule has 2 aliphatic rings. The summed E-state index contributed by atoms with van der Waals surface area (Å²) in [5, 5.41) is 7.85. The van der Waals surface area contributed by atoms with E-state index >= 15 is 4.39 Å². The van der Waals surface area contributed by atoms with Crippen LogP contribution in [0.15, 0.2) is 41.3 Å². The molecule has 2 fully saturated rings. The number of anilines is 1. The topological polar surface area (TPSA) is 187 Å². The first-order valence-corrected chi connectivity index (χ1v) is 18.1. The lowest BCUT2D eigenvalue weighted by Crippen LogP contribution is -2.55. The molecular weight excluding hydrogens is 631 g/mol. The van der Waals surface area contributed by atoms with Gasteiger partial charge in [0.2, 0.25) is 12.8 Å². The van der Waals surface area contributed by atoms with Crippen molar-refractivity contribution >= 4 is 43.6 Å². The molecule has 2 heterocycles. The first-order chi connectivity index (χ1) is 21.0. The maximum atomic E-state index is 15.8. The van der Waals surface area contributed by atoms with Gasteiger partial charge in [0, 0.05) is 50.1 Å². The van der Waals surface area contributed by atoms with Gasteiger partial charge in [-0.25, -0.2) is 14.0 Å². The van der Waals surface area contributed by atoms with Crippen molar-refractivity contribution in [2.45, 2.75) is 50.6 Å². The van der Waals surface area contributed by atoms with Crippen LogP contribution in [0.5, 0.6) is 5.75 Å². The van der Waals surface area contributed by atoms with Crippen LogP contribution in [0.1, 0.15) is 47.3 Å². The van der Waals surface area contributed by atoms with Gasteiger partial charge in [0.15, 0.2) is 0 Å². The Morgan fingerprint density at radius 3 is 2.29 bits per heavy atom. The number of aromatic carboxylic acids is 1. The lowest BCUT2D eigenvalue weighted by atomic mass is 10.0. The number of ether oxygens (including phenoxy) is 1. The highest BCUT2D eigenvalue weighted by Gasteiger charge is 2.40. The molecule has 242 valence electrons. The molecule has 1 saturated carbocycles. The molecule has 3 atom stereocenters. The SMILES string of the molecule is Cc1c(F)c(N2CCN(C(=O)Oc3ccc(CC(P(C)(=O)O)P(=O)(O)O)cc3)C(C)C2)cc2c1c(=O)c(C(=O)O)cn2C1CC1. The van der Waals surface area contributed by atoms with Crippen molar-refractivity contribution in [3.05, 3.63) is 69.3 Å². The Labute approximate surface area is 257 Å². The number of aromatic nitrogens is 1. The monoisotopic (exact) mass is 665 g/mol. The molecule has 2 aromatic carbocycles. The average Bonchev–Trinajstić information content (AvgIpc) is 3.78. The molecule has 0 spiro atoms. The normalized spacial score (nSPS) is 19.3. The van der Waals surface area contributed by atoms with Gasteiger partial charge in [-0.1, -0.05) is 12.1 Å². The number of benzene rings is 2. The van der Waals surface area contributed by atoms with Gasteiger partial charge in [-0.05, 0) is 56.9 Å². The van der Waals surface area contributed by atoms with Crippen LogP contribution in [0.4, 0.5) is 14.9 Å². The zero-order chi connectivity index (χ0) is 33.0. The van der Waals surface area contributed by atoms with Gasteiger partial charge < -0.3 is 38.9 Å². The zero-order valence-electron chi connectivity index (χ0n) is 24.8. The lowest BCUT2D eigenvalue weighted by molar-refractivity contribution is 0.0694. The lowest BCUT2D eigenvalue weighted by Gasteiger charge is -2.40. The van der Waals surface area contributed by atoms with Crippen LogP contribution in [0.3, 0.4) is 0 Å². The Morgan fingerprint density at radius 2 is 1.76 bits per heavy atom. The number of fused-ring (bicyclic) bond motifs is 1. The van der Waals surface area contributed by atoms with E-state index in [4.69, 9.17) is 4.74 Å². The van der Waals surface area contributed by atoms with Crippen molar-refractivity contribution in [2.24, 2.45) is 0 Å². The number of carbonyl (C=O) groups excluding carboxylic acids is 1. The molecule has 1 aliphatic carbocycles. The van der Waals surface area contributed by atoms with Crippen LogP contribution in [-0.2, 0) is 15.6 Å². The fourth-order valence-corrected chi connectivity index (χ4v) is 9.00. The molecule has 1 amide bonds. The molecule has 45 heavy (non-hydrogen) atoms. The number of nitrogens with zero attached hydrogens (tertiary/aromatic N) is 3. The summed E-state index contributed by atoms with van der Waals surface area (Å²) in [6, 6.07) is 6.95. The number of halogens is 1. The molecule has 5 rings (SSSR count). The van der Waals surface area contributed by atoms with E-state index in [2.05, 4.69) is 0 Å². The second kappa shape index (κ2) is 12.0. The Hall–Kier alpha value is -3.54. The summed E-state index contributed by atoms with van der Waals surface area (Å²) >= 11 is 0. The standard InChI is InChI=1S/C29H34FN3O10P2/c1-16-14-31(23-13-22-25(17(2)26(23)30)27(34)21(28(35)36)15-33(22)19-6-7-19)10-11-32(16)29(37)43-20-8-4-18(5-9-20)12-24(44(3,38)39)45(40,41)42/h4-5,8-9,13,15-16,19,24H,6-7,10-12,14H2,1-3H3,(H,35,36)(H,38,39)(H2,40,41,42). The molecule has 13 nitrogen and oxygen atoms in total. The summed E-state index contributed by atoms with van der Waals surface area (Å²) in [4.78, 5) is 69.8. The quantitative estimate of drug-likeness (QED) is 0.253. The highest BCUT2D eigenvalue weighted by Crippen LogP contribution is 2.61. The number of carbonyl (C=O) groups is 2. The van der Waals surface area contributed by atoms with Gasteiger partial charge in [0.05, 0.1) is 16.6 Å². The number of aryl methyl sites for hydroxylation is 1. The smallest absolute Gasteiger partial charge is 0.415 e. The Bertz CT molecular complexity index is 1810. The number of hydrogen-bond donors (Lipinski definition) is 4. The minimum absolute atomic E-state index is 0.0269. The van der Waals surface area contributed by atoms with Crippen LogP contribution in [0.2, 0.25) is 0 Å². The minimum Gasteiger partial charge on any atom is -0.477 e. The van der Waals surface area contributed by atoms with Crippen molar-refractivity contribution < 1.29 is 47.6 Å². The summed E-state index contributed by atoms with van der Waals surface area (Å²) in [5.74, 6) is -1.84.